The van der Waals surface area contributed by atoms with Gasteiger partial charge in [0.15, 0.2) is 0 Å². The number of nitrogens with one attached hydrogen (secondary N) is 1. The summed E-state index contributed by atoms with van der Waals surface area (Å²) in [7, 11) is 0.376. The molecule has 0 fully saturated rings. The van der Waals surface area contributed by atoms with E-state index in [1.165, 1.54) is 58.6 Å². The van der Waals surface area contributed by atoms with Crippen LogP contribution in [0.1, 0.15) is 21.7 Å². The van der Waals surface area contributed by atoms with Crippen molar-refractivity contribution in [3.63, 3.8) is 0 Å². The van der Waals surface area contributed by atoms with Crippen LogP contribution in [0.25, 0.3) is 44.3 Å². The molecule has 0 aliphatic carbocycles. The fraction of sp³-hybridized carbons (Fsp3) is 0.143. The van der Waals surface area contributed by atoms with E-state index >= 15 is 0 Å². The summed E-state index contributed by atoms with van der Waals surface area (Å²) >= 11 is 0. The van der Waals surface area contributed by atoms with Gasteiger partial charge in [-0.2, -0.15) is 0 Å². The van der Waals surface area contributed by atoms with E-state index in [2.05, 4.69) is 16.2 Å². The summed E-state index contributed by atoms with van der Waals surface area (Å²) in [6.07, 6.45) is 1.50. The Morgan fingerprint density at radius 1 is 0.978 bits per heavy atom. The number of hydrogen-bond donors (Lipinski definition) is 1. The zero-order valence-electron chi connectivity index (χ0n) is 25.6. The quantitative estimate of drug-likeness (QED) is 0.211. The molecule has 0 bridgehead atoms. The molecule has 4 aromatic carbocycles. The van der Waals surface area contributed by atoms with E-state index < -0.39 is 21.4 Å². The smallest absolute Gasteiger partial charge is 0.261 e. The molecule has 2 heterocycles. The molecule has 0 saturated carbocycles. The first-order chi connectivity index (χ1) is 21.8. The van der Waals surface area contributed by atoms with Gasteiger partial charge in [-0.15, -0.1) is 0 Å². The molecule has 0 aliphatic rings. The molecular formula is C35H30F2N4O4S. The molecule has 8 nitrogen and oxygen atoms in total. The third kappa shape index (κ3) is 5.54. The van der Waals surface area contributed by atoms with Crippen LogP contribution < -0.4 is 15.2 Å². The van der Waals surface area contributed by atoms with Gasteiger partial charge in [-0.3, -0.25) is 14.2 Å². The van der Waals surface area contributed by atoms with Gasteiger partial charge in [-0.25, -0.2) is 18.0 Å². The molecule has 2 aromatic heterocycles. The third-order valence-corrected chi connectivity index (χ3v) is 9.35. The van der Waals surface area contributed by atoms with Crippen LogP contribution in [-0.2, 0) is 16.3 Å². The van der Waals surface area contributed by atoms with Crippen LogP contribution in [0.5, 0.6) is 0 Å². The normalized spacial score (nSPS) is 12.7. The SMILES string of the molecule is C=S(C)(=O)N(C)c1cc2oc(-c3ccc(F)cc3)c(C(=O)NC)c2cc1-c1ccc2nc(C)n(Cc3ccc(F)cc3)c(=O)c2c1. The number of furan rings is 1. The summed E-state index contributed by atoms with van der Waals surface area (Å²) < 4.78 is 49.8. The van der Waals surface area contributed by atoms with Gasteiger partial charge >= 0.3 is 0 Å². The molecule has 0 saturated heterocycles. The number of halogens is 2. The number of fused-ring (bicyclic) bond motifs is 2. The number of aromatic nitrogens is 2. The van der Waals surface area contributed by atoms with Crippen molar-refractivity contribution >= 4 is 49.0 Å². The molecule has 0 aliphatic heterocycles. The molecule has 1 N–H and O–H groups in total. The predicted octanol–water partition coefficient (Wildman–Crippen LogP) is 6.17. The highest BCUT2D eigenvalue weighted by Gasteiger charge is 2.25. The van der Waals surface area contributed by atoms with Crippen LogP contribution in [0.2, 0.25) is 0 Å². The third-order valence-electron chi connectivity index (χ3n) is 8.00. The van der Waals surface area contributed by atoms with Gasteiger partial charge in [-0.1, -0.05) is 18.2 Å². The van der Waals surface area contributed by atoms with E-state index in [1.54, 1.807) is 56.4 Å². The average Bonchev–Trinajstić information content (AvgIpc) is 3.41. The van der Waals surface area contributed by atoms with Crippen LogP contribution in [0.15, 0.2) is 88.1 Å². The van der Waals surface area contributed by atoms with E-state index in [0.717, 1.165) is 5.56 Å². The van der Waals surface area contributed by atoms with Crippen molar-refractivity contribution in [1.29, 1.82) is 0 Å². The highest BCUT2D eigenvalue weighted by molar-refractivity contribution is 8.00. The van der Waals surface area contributed by atoms with Crippen molar-refractivity contribution in [3.8, 4) is 22.5 Å². The van der Waals surface area contributed by atoms with Crippen LogP contribution in [0, 0.1) is 18.6 Å². The lowest BCUT2D eigenvalue weighted by Crippen LogP contribution is -2.25. The second-order valence-electron chi connectivity index (χ2n) is 11.1. The Labute approximate surface area is 264 Å². The van der Waals surface area contributed by atoms with Gasteiger partial charge in [0.25, 0.3) is 11.5 Å². The molecule has 1 amide bonds. The lowest BCUT2D eigenvalue weighted by atomic mass is 9.97. The van der Waals surface area contributed by atoms with Gasteiger partial charge in [-0.05, 0) is 78.5 Å². The summed E-state index contributed by atoms with van der Waals surface area (Å²) in [5.41, 5.74) is 3.68. The Morgan fingerprint density at radius 2 is 1.61 bits per heavy atom. The van der Waals surface area contributed by atoms with E-state index in [1.807, 2.05) is 0 Å². The molecule has 0 radical (unpaired) electrons. The Balaban J connectivity index is 1.60. The topological polar surface area (TPSA) is 97.4 Å². The summed E-state index contributed by atoms with van der Waals surface area (Å²) in [6, 6.07) is 20.2. The van der Waals surface area contributed by atoms with Crippen molar-refractivity contribution in [3.05, 3.63) is 118 Å². The molecule has 11 heteroatoms. The fourth-order valence-electron chi connectivity index (χ4n) is 5.44. The Morgan fingerprint density at radius 3 is 2.24 bits per heavy atom. The van der Waals surface area contributed by atoms with Crippen molar-refractivity contribution in [2.45, 2.75) is 13.5 Å². The van der Waals surface area contributed by atoms with Crippen LogP contribution >= 0.6 is 0 Å². The molecule has 0 spiro atoms. The first-order valence-electron chi connectivity index (χ1n) is 14.3. The zero-order chi connectivity index (χ0) is 32.9. The van der Waals surface area contributed by atoms with E-state index in [0.29, 0.717) is 50.1 Å². The largest absolute Gasteiger partial charge is 0.455 e. The lowest BCUT2D eigenvalue weighted by molar-refractivity contribution is 0.0964. The fourth-order valence-corrected chi connectivity index (χ4v) is 6.01. The average molecular weight is 641 g/mol. The molecule has 1 atom stereocenters. The standard InChI is InChI=1S/C35H30F2N4O4S/c1-20-39-29-15-10-23(16-27(29)35(43)41(20)19-21-6-11-24(36)12-7-21)26-17-28-31(18-30(26)40(3)46(4,5)44)45-33(32(28)34(42)38-2)22-8-13-25(37)14-9-22/h6-18H,4,19H2,1-3,5H3,(H,38,42). The number of nitrogens with zero attached hydrogens (tertiary/aromatic N) is 3. The molecule has 46 heavy (non-hydrogen) atoms. The van der Waals surface area contributed by atoms with Gasteiger partial charge in [0.05, 0.1) is 28.7 Å². The molecule has 6 aromatic rings. The van der Waals surface area contributed by atoms with E-state index in [-0.39, 0.29) is 29.2 Å². The number of carbonyl (C=O) groups is 1. The molecule has 1 unspecified atom stereocenters. The molecule has 234 valence electrons. The van der Waals surface area contributed by atoms with Gasteiger partial charge in [0, 0.05) is 52.6 Å². The number of benzene rings is 4. The number of aryl methyl sites for hydroxylation is 1. The maximum atomic E-state index is 13.8. The monoisotopic (exact) mass is 640 g/mol. The van der Waals surface area contributed by atoms with Crippen molar-refractivity contribution in [2.24, 2.45) is 0 Å². The Bertz CT molecular complexity index is 2330. The first-order valence-corrected chi connectivity index (χ1v) is 16.4. The Hall–Kier alpha value is -5.29. The minimum absolute atomic E-state index is 0.203. The second-order valence-corrected chi connectivity index (χ2v) is 13.6. The maximum absolute atomic E-state index is 13.8. The predicted molar refractivity (Wildman–Crippen MR) is 180 cm³/mol. The van der Waals surface area contributed by atoms with E-state index in [4.69, 9.17) is 4.42 Å². The van der Waals surface area contributed by atoms with Crippen LogP contribution in [0.4, 0.5) is 14.5 Å². The number of hydrogen-bond acceptors (Lipinski definition) is 5. The summed E-state index contributed by atoms with van der Waals surface area (Å²) in [4.78, 5) is 31.7. The number of carbonyl (C=O) groups excluding carboxylic acids is 1. The van der Waals surface area contributed by atoms with Crippen LogP contribution in [-0.4, -0.2) is 45.9 Å². The summed E-state index contributed by atoms with van der Waals surface area (Å²) in [6.45, 7) is 1.94. The summed E-state index contributed by atoms with van der Waals surface area (Å²) in [5.74, 6) is 3.38. The minimum Gasteiger partial charge on any atom is -0.455 e. The minimum atomic E-state index is -2.77. The van der Waals surface area contributed by atoms with Gasteiger partial charge in [0.1, 0.15) is 28.8 Å². The van der Waals surface area contributed by atoms with Crippen LogP contribution in [0.3, 0.4) is 0 Å². The number of anilines is 1. The van der Waals surface area contributed by atoms with Gasteiger partial charge in [0.2, 0.25) is 0 Å². The zero-order valence-corrected chi connectivity index (χ0v) is 26.4. The molecular weight excluding hydrogens is 610 g/mol. The first kappa shape index (κ1) is 30.7. The lowest BCUT2D eigenvalue weighted by Gasteiger charge is -2.24. The van der Waals surface area contributed by atoms with Gasteiger partial charge < -0.3 is 14.0 Å². The summed E-state index contributed by atoms with van der Waals surface area (Å²) in [5, 5.41) is 3.47. The van der Waals surface area contributed by atoms with Crippen molar-refractivity contribution < 1.29 is 22.2 Å². The second kappa shape index (κ2) is 11.6. The highest BCUT2D eigenvalue weighted by atomic mass is 32.2. The highest BCUT2D eigenvalue weighted by Crippen LogP contribution is 2.41. The van der Waals surface area contributed by atoms with Crippen molar-refractivity contribution in [2.75, 3.05) is 24.7 Å². The molecule has 6 rings (SSSR count). The number of amides is 1. The Kier molecular flexibility index (Phi) is 7.73. The number of rotatable bonds is 7. The van der Waals surface area contributed by atoms with E-state index in [9.17, 15) is 22.6 Å². The van der Waals surface area contributed by atoms with Crippen molar-refractivity contribution in [1.82, 2.24) is 14.9 Å². The maximum Gasteiger partial charge on any atom is 0.261 e.